The van der Waals surface area contributed by atoms with Crippen LogP contribution in [0.15, 0.2) is 35.4 Å². The van der Waals surface area contributed by atoms with Gasteiger partial charge in [0.1, 0.15) is 0 Å². The Morgan fingerprint density at radius 1 is 1.43 bits per heavy atom. The van der Waals surface area contributed by atoms with Crippen LogP contribution in [0.1, 0.15) is 0 Å². The smallest absolute Gasteiger partial charge is 0.252 e. The van der Waals surface area contributed by atoms with Crippen LogP contribution in [0.3, 0.4) is 0 Å². The van der Waals surface area contributed by atoms with Gasteiger partial charge >= 0.3 is 0 Å². The Morgan fingerprint density at radius 2 is 2.29 bits per heavy atom. The number of nitrogens with two attached hydrogens (primary N) is 1. The predicted molar refractivity (Wildman–Crippen MR) is 52.5 cm³/mol. The maximum atomic E-state index is 11.1. The summed E-state index contributed by atoms with van der Waals surface area (Å²) in [7, 11) is 0. The lowest BCUT2D eigenvalue weighted by atomic mass is 10.2. The van der Waals surface area contributed by atoms with Gasteiger partial charge < -0.3 is 5.73 Å². The van der Waals surface area contributed by atoms with Gasteiger partial charge in [-0.25, -0.2) is 4.98 Å². The summed E-state index contributed by atoms with van der Waals surface area (Å²) in [6.45, 7) is 0. The summed E-state index contributed by atoms with van der Waals surface area (Å²) in [5.74, 6) is 0.108. The van der Waals surface area contributed by atoms with Crippen molar-refractivity contribution in [2.24, 2.45) is 0 Å². The highest BCUT2D eigenvalue weighted by atomic mass is 16.1. The zero-order valence-electron chi connectivity index (χ0n) is 7.27. The lowest BCUT2D eigenvalue weighted by Gasteiger charge is -1.99. The number of hydrogen-bond donors (Lipinski definition) is 2. The van der Waals surface area contributed by atoms with Gasteiger partial charge in [0.2, 0.25) is 5.95 Å². The summed E-state index contributed by atoms with van der Waals surface area (Å²) >= 11 is 0. The van der Waals surface area contributed by atoms with Gasteiger partial charge in [-0.1, -0.05) is 0 Å². The van der Waals surface area contributed by atoms with E-state index in [1.165, 1.54) is 6.07 Å². The van der Waals surface area contributed by atoms with E-state index in [1.807, 2.05) is 6.07 Å². The molecule has 5 heteroatoms. The first-order valence-electron chi connectivity index (χ1n) is 4.03. The second-order valence-electron chi connectivity index (χ2n) is 2.76. The molecule has 2 aromatic heterocycles. The molecule has 0 fully saturated rings. The third-order valence-corrected chi connectivity index (χ3v) is 1.72. The highest BCUT2D eigenvalue weighted by molar-refractivity contribution is 5.57. The lowest BCUT2D eigenvalue weighted by molar-refractivity contribution is 1.14. The molecule has 0 aliphatic carbocycles. The van der Waals surface area contributed by atoms with Crippen molar-refractivity contribution >= 4 is 5.95 Å². The zero-order valence-corrected chi connectivity index (χ0v) is 7.27. The molecule has 0 bridgehead atoms. The summed E-state index contributed by atoms with van der Waals surface area (Å²) < 4.78 is 0. The molecule has 0 spiro atoms. The first-order chi connectivity index (χ1) is 6.75. The van der Waals surface area contributed by atoms with E-state index in [0.29, 0.717) is 5.69 Å². The summed E-state index contributed by atoms with van der Waals surface area (Å²) in [6, 6.07) is 4.97. The summed E-state index contributed by atoms with van der Waals surface area (Å²) in [5, 5.41) is 0. The molecule has 3 N–H and O–H groups in total. The molecule has 5 nitrogen and oxygen atoms in total. The second-order valence-corrected chi connectivity index (χ2v) is 2.76. The van der Waals surface area contributed by atoms with Crippen molar-refractivity contribution in [3.8, 4) is 11.3 Å². The Balaban J connectivity index is 2.58. The normalized spacial score (nSPS) is 10.0. The maximum Gasteiger partial charge on any atom is 0.252 e. The monoisotopic (exact) mass is 188 g/mol. The molecule has 0 amide bonds. The zero-order chi connectivity index (χ0) is 9.97. The molecule has 0 aliphatic heterocycles. The Kier molecular flexibility index (Phi) is 1.98. The molecule has 0 radical (unpaired) electrons. The first kappa shape index (κ1) is 8.43. The van der Waals surface area contributed by atoms with E-state index in [1.54, 1.807) is 18.5 Å². The van der Waals surface area contributed by atoms with Crippen LogP contribution in [-0.4, -0.2) is 15.0 Å². The van der Waals surface area contributed by atoms with E-state index in [2.05, 4.69) is 15.0 Å². The number of pyridine rings is 1. The van der Waals surface area contributed by atoms with Gasteiger partial charge in [0.05, 0.1) is 5.69 Å². The molecular formula is C9H8N4O. The Hall–Kier alpha value is -2.17. The molecule has 0 aliphatic rings. The van der Waals surface area contributed by atoms with Gasteiger partial charge in [-0.05, 0) is 12.1 Å². The van der Waals surface area contributed by atoms with Crippen molar-refractivity contribution in [2.75, 3.05) is 5.73 Å². The van der Waals surface area contributed by atoms with Crippen LogP contribution < -0.4 is 11.3 Å². The Labute approximate surface area is 79.6 Å². The number of H-pyrrole nitrogens is 1. The predicted octanol–water partition coefficient (Wildman–Crippen LogP) is 0.414. The van der Waals surface area contributed by atoms with Crippen LogP contribution in [0, 0.1) is 0 Å². The van der Waals surface area contributed by atoms with Crippen molar-refractivity contribution in [3.05, 3.63) is 40.9 Å². The average molecular weight is 188 g/mol. The van der Waals surface area contributed by atoms with Crippen LogP contribution in [0.25, 0.3) is 11.3 Å². The number of aromatic nitrogens is 3. The molecule has 0 atom stereocenters. The Morgan fingerprint density at radius 3 is 2.93 bits per heavy atom. The third kappa shape index (κ3) is 1.61. The van der Waals surface area contributed by atoms with E-state index in [0.717, 1.165) is 5.56 Å². The first-order valence-corrected chi connectivity index (χ1v) is 4.03. The van der Waals surface area contributed by atoms with Crippen molar-refractivity contribution in [1.29, 1.82) is 0 Å². The SMILES string of the molecule is Nc1nc(-c2cccnc2)cc(=O)[nH]1. The molecule has 14 heavy (non-hydrogen) atoms. The molecule has 0 aromatic carbocycles. The van der Waals surface area contributed by atoms with Gasteiger partial charge in [0.25, 0.3) is 5.56 Å². The molecule has 0 saturated carbocycles. The number of aromatic amines is 1. The molecule has 2 aromatic rings. The fourth-order valence-electron chi connectivity index (χ4n) is 1.14. The van der Waals surface area contributed by atoms with Crippen molar-refractivity contribution in [2.45, 2.75) is 0 Å². The standard InChI is InChI=1S/C9H8N4O/c10-9-12-7(4-8(14)13-9)6-2-1-3-11-5-6/h1-5H,(H3,10,12,13,14). The fourth-order valence-corrected chi connectivity index (χ4v) is 1.14. The van der Waals surface area contributed by atoms with Crippen LogP contribution in [0.4, 0.5) is 5.95 Å². The molecule has 2 heterocycles. The van der Waals surface area contributed by atoms with E-state index >= 15 is 0 Å². The van der Waals surface area contributed by atoms with Gasteiger partial charge in [-0.15, -0.1) is 0 Å². The van der Waals surface area contributed by atoms with E-state index in [9.17, 15) is 4.79 Å². The van der Waals surface area contributed by atoms with Crippen LogP contribution in [0.2, 0.25) is 0 Å². The Bertz CT molecular complexity index is 492. The van der Waals surface area contributed by atoms with E-state index in [4.69, 9.17) is 5.73 Å². The molecule has 0 saturated heterocycles. The fraction of sp³-hybridized carbons (Fsp3) is 0. The quantitative estimate of drug-likeness (QED) is 0.679. The number of nitrogens with zero attached hydrogens (tertiary/aromatic N) is 2. The van der Waals surface area contributed by atoms with Gasteiger partial charge in [-0.3, -0.25) is 14.8 Å². The number of anilines is 1. The average Bonchev–Trinajstić information content (AvgIpc) is 2.18. The summed E-state index contributed by atoms with van der Waals surface area (Å²) in [5.41, 5.74) is 6.44. The van der Waals surface area contributed by atoms with Gasteiger partial charge in [0.15, 0.2) is 0 Å². The van der Waals surface area contributed by atoms with Crippen LogP contribution >= 0.6 is 0 Å². The number of rotatable bonds is 1. The van der Waals surface area contributed by atoms with Crippen molar-refractivity contribution in [1.82, 2.24) is 15.0 Å². The highest BCUT2D eigenvalue weighted by Crippen LogP contribution is 2.12. The maximum absolute atomic E-state index is 11.1. The highest BCUT2D eigenvalue weighted by Gasteiger charge is 2.00. The second kappa shape index (κ2) is 3.29. The summed E-state index contributed by atoms with van der Waals surface area (Å²) in [4.78, 5) is 21.4. The van der Waals surface area contributed by atoms with Gasteiger partial charge in [-0.2, -0.15) is 0 Å². The topological polar surface area (TPSA) is 84.7 Å². The minimum absolute atomic E-state index is 0.108. The molecule has 2 rings (SSSR count). The van der Waals surface area contributed by atoms with Gasteiger partial charge in [0, 0.05) is 24.0 Å². The molecule has 70 valence electrons. The van der Waals surface area contributed by atoms with E-state index in [-0.39, 0.29) is 11.5 Å². The van der Waals surface area contributed by atoms with Crippen molar-refractivity contribution < 1.29 is 0 Å². The lowest BCUT2D eigenvalue weighted by Crippen LogP contribution is -2.10. The van der Waals surface area contributed by atoms with Crippen molar-refractivity contribution in [3.63, 3.8) is 0 Å². The van der Waals surface area contributed by atoms with Crippen LogP contribution in [-0.2, 0) is 0 Å². The number of hydrogen-bond acceptors (Lipinski definition) is 4. The summed E-state index contributed by atoms with van der Waals surface area (Å²) in [6.07, 6.45) is 3.28. The minimum Gasteiger partial charge on any atom is -0.369 e. The van der Waals surface area contributed by atoms with E-state index < -0.39 is 0 Å². The number of nitrogens with one attached hydrogen (secondary N) is 1. The molecular weight excluding hydrogens is 180 g/mol. The number of nitrogen functional groups attached to an aromatic ring is 1. The van der Waals surface area contributed by atoms with Crippen LogP contribution in [0.5, 0.6) is 0 Å². The minimum atomic E-state index is -0.267. The third-order valence-electron chi connectivity index (χ3n) is 1.72. The largest absolute Gasteiger partial charge is 0.369 e. The molecule has 0 unspecified atom stereocenters.